The summed E-state index contributed by atoms with van der Waals surface area (Å²) in [6.45, 7) is 2.54. The molecule has 0 aliphatic carbocycles. The molecule has 0 spiro atoms. The second kappa shape index (κ2) is 6.14. The number of nitrogens with zero attached hydrogens (tertiary/aromatic N) is 2. The monoisotopic (exact) mass is 236 g/mol. The summed E-state index contributed by atoms with van der Waals surface area (Å²) in [6, 6.07) is 9.17. The van der Waals surface area contributed by atoms with Gasteiger partial charge in [0.2, 0.25) is 5.91 Å². The summed E-state index contributed by atoms with van der Waals surface area (Å²) in [5.41, 5.74) is 0.869. The molecule has 84 valence electrons. The standard InChI is InChI=1S/C12H13ClN2O/c1-2-15(7-6-14)12(16)9-10-4-3-5-11(13)8-10/h3-5,8H,2,7,9H2,1H3. The van der Waals surface area contributed by atoms with Gasteiger partial charge in [0.15, 0.2) is 0 Å². The van der Waals surface area contributed by atoms with Crippen molar-refractivity contribution in [3.63, 3.8) is 0 Å². The Labute approximate surface area is 100 Å². The number of carbonyl (C=O) groups is 1. The van der Waals surface area contributed by atoms with Gasteiger partial charge in [-0.3, -0.25) is 4.79 Å². The molecule has 0 heterocycles. The summed E-state index contributed by atoms with van der Waals surface area (Å²) in [5, 5.41) is 9.18. The van der Waals surface area contributed by atoms with Crippen LogP contribution in [0.3, 0.4) is 0 Å². The fourth-order valence-electron chi connectivity index (χ4n) is 1.40. The number of carbonyl (C=O) groups excluding carboxylic acids is 1. The molecular formula is C12H13ClN2O. The van der Waals surface area contributed by atoms with E-state index in [1.807, 2.05) is 25.1 Å². The molecule has 3 nitrogen and oxygen atoms in total. The highest BCUT2D eigenvalue weighted by molar-refractivity contribution is 6.30. The Morgan fingerprint density at radius 1 is 1.56 bits per heavy atom. The minimum Gasteiger partial charge on any atom is -0.329 e. The number of hydrogen-bond donors (Lipinski definition) is 0. The fourth-order valence-corrected chi connectivity index (χ4v) is 1.61. The number of amides is 1. The molecule has 1 rings (SSSR count). The molecule has 1 amide bonds. The van der Waals surface area contributed by atoms with Gasteiger partial charge in [-0.2, -0.15) is 5.26 Å². The van der Waals surface area contributed by atoms with Crippen molar-refractivity contribution in [3.8, 4) is 6.07 Å². The van der Waals surface area contributed by atoms with Gasteiger partial charge >= 0.3 is 0 Å². The van der Waals surface area contributed by atoms with E-state index in [2.05, 4.69) is 0 Å². The minimum absolute atomic E-state index is 0.0497. The van der Waals surface area contributed by atoms with Crippen LogP contribution in [0.4, 0.5) is 0 Å². The zero-order valence-corrected chi connectivity index (χ0v) is 9.87. The Balaban J connectivity index is 2.67. The SMILES string of the molecule is CCN(CC#N)C(=O)Cc1cccc(Cl)c1. The second-order valence-corrected chi connectivity index (χ2v) is 3.81. The first kappa shape index (κ1) is 12.5. The number of hydrogen-bond acceptors (Lipinski definition) is 2. The number of likely N-dealkylation sites (N-methyl/N-ethyl adjacent to an activating group) is 1. The molecule has 0 radical (unpaired) electrons. The molecule has 0 aromatic heterocycles. The Morgan fingerprint density at radius 2 is 2.31 bits per heavy atom. The van der Waals surface area contributed by atoms with Gasteiger partial charge in [-0.25, -0.2) is 0 Å². The maximum absolute atomic E-state index is 11.8. The largest absolute Gasteiger partial charge is 0.329 e. The molecule has 0 bridgehead atoms. The number of rotatable bonds is 4. The van der Waals surface area contributed by atoms with E-state index in [9.17, 15) is 4.79 Å². The first-order valence-electron chi connectivity index (χ1n) is 5.06. The summed E-state index contributed by atoms with van der Waals surface area (Å²) in [5.74, 6) is -0.0497. The molecule has 0 saturated heterocycles. The third-order valence-electron chi connectivity index (χ3n) is 2.24. The normalized spacial score (nSPS) is 9.56. The zero-order chi connectivity index (χ0) is 12.0. The average molecular weight is 237 g/mol. The van der Waals surface area contributed by atoms with Gasteiger partial charge in [0, 0.05) is 11.6 Å². The van der Waals surface area contributed by atoms with Crippen LogP contribution in [0.25, 0.3) is 0 Å². The molecule has 0 N–H and O–H groups in total. The quantitative estimate of drug-likeness (QED) is 0.753. The Kier molecular flexibility index (Phi) is 4.81. The van der Waals surface area contributed by atoms with Crippen molar-refractivity contribution < 1.29 is 4.79 Å². The van der Waals surface area contributed by atoms with E-state index in [1.54, 1.807) is 12.1 Å². The van der Waals surface area contributed by atoms with E-state index >= 15 is 0 Å². The van der Waals surface area contributed by atoms with E-state index < -0.39 is 0 Å². The summed E-state index contributed by atoms with van der Waals surface area (Å²) >= 11 is 5.83. The Hall–Kier alpha value is -1.53. The molecule has 0 unspecified atom stereocenters. The lowest BCUT2D eigenvalue weighted by atomic mass is 10.1. The lowest BCUT2D eigenvalue weighted by Crippen LogP contribution is -2.32. The van der Waals surface area contributed by atoms with E-state index in [0.29, 0.717) is 11.6 Å². The van der Waals surface area contributed by atoms with Gasteiger partial charge < -0.3 is 4.90 Å². The molecule has 4 heteroatoms. The van der Waals surface area contributed by atoms with Crippen molar-refractivity contribution in [1.29, 1.82) is 5.26 Å². The molecule has 1 aromatic carbocycles. The first-order chi connectivity index (χ1) is 7.67. The van der Waals surface area contributed by atoms with E-state index in [1.165, 1.54) is 4.90 Å². The fraction of sp³-hybridized carbons (Fsp3) is 0.333. The number of nitriles is 1. The first-order valence-corrected chi connectivity index (χ1v) is 5.44. The van der Waals surface area contributed by atoms with Crippen molar-refractivity contribution in [2.75, 3.05) is 13.1 Å². The van der Waals surface area contributed by atoms with Crippen molar-refractivity contribution in [1.82, 2.24) is 4.90 Å². The highest BCUT2D eigenvalue weighted by Gasteiger charge is 2.11. The van der Waals surface area contributed by atoms with Crippen LogP contribution in [-0.4, -0.2) is 23.9 Å². The second-order valence-electron chi connectivity index (χ2n) is 3.37. The predicted molar refractivity (Wildman–Crippen MR) is 63.0 cm³/mol. The molecule has 0 aliphatic rings. The van der Waals surface area contributed by atoms with Crippen molar-refractivity contribution >= 4 is 17.5 Å². The van der Waals surface area contributed by atoms with Crippen LogP contribution < -0.4 is 0 Å². The molecule has 0 aliphatic heterocycles. The van der Waals surface area contributed by atoms with Crippen molar-refractivity contribution in [2.45, 2.75) is 13.3 Å². The van der Waals surface area contributed by atoms with Crippen molar-refractivity contribution in [3.05, 3.63) is 34.9 Å². The molecule has 1 aromatic rings. The summed E-state index contributed by atoms with van der Waals surface area (Å²) < 4.78 is 0. The Bertz CT molecular complexity index is 412. The molecule has 16 heavy (non-hydrogen) atoms. The van der Waals surface area contributed by atoms with E-state index in [4.69, 9.17) is 16.9 Å². The van der Waals surface area contributed by atoms with Gasteiger partial charge in [-0.1, -0.05) is 23.7 Å². The van der Waals surface area contributed by atoms with Crippen LogP contribution in [0.15, 0.2) is 24.3 Å². The third kappa shape index (κ3) is 3.56. The summed E-state index contributed by atoms with van der Waals surface area (Å²) in [4.78, 5) is 13.3. The average Bonchev–Trinajstić information content (AvgIpc) is 2.25. The van der Waals surface area contributed by atoms with Crippen LogP contribution in [0.1, 0.15) is 12.5 Å². The van der Waals surface area contributed by atoms with Crippen LogP contribution in [0.2, 0.25) is 5.02 Å². The third-order valence-corrected chi connectivity index (χ3v) is 2.48. The lowest BCUT2D eigenvalue weighted by Gasteiger charge is -2.17. The zero-order valence-electron chi connectivity index (χ0n) is 9.11. The lowest BCUT2D eigenvalue weighted by molar-refractivity contribution is -0.129. The summed E-state index contributed by atoms with van der Waals surface area (Å²) in [7, 11) is 0. The van der Waals surface area contributed by atoms with Gasteiger partial charge in [-0.15, -0.1) is 0 Å². The van der Waals surface area contributed by atoms with Crippen LogP contribution in [0, 0.1) is 11.3 Å². The highest BCUT2D eigenvalue weighted by Crippen LogP contribution is 2.11. The number of halogens is 1. The Morgan fingerprint density at radius 3 is 2.88 bits per heavy atom. The maximum atomic E-state index is 11.8. The van der Waals surface area contributed by atoms with E-state index in [0.717, 1.165) is 5.56 Å². The van der Waals surface area contributed by atoms with E-state index in [-0.39, 0.29) is 18.9 Å². The van der Waals surface area contributed by atoms with Crippen LogP contribution in [0.5, 0.6) is 0 Å². The highest BCUT2D eigenvalue weighted by atomic mass is 35.5. The smallest absolute Gasteiger partial charge is 0.227 e. The van der Waals surface area contributed by atoms with Crippen LogP contribution in [-0.2, 0) is 11.2 Å². The molecule has 0 saturated carbocycles. The number of benzene rings is 1. The molecule has 0 atom stereocenters. The van der Waals surface area contributed by atoms with Crippen molar-refractivity contribution in [2.24, 2.45) is 0 Å². The van der Waals surface area contributed by atoms with Gasteiger partial charge in [0.05, 0.1) is 12.5 Å². The molecular weight excluding hydrogens is 224 g/mol. The van der Waals surface area contributed by atoms with Gasteiger partial charge in [0.25, 0.3) is 0 Å². The predicted octanol–water partition coefficient (Wildman–Crippen LogP) is 2.25. The van der Waals surface area contributed by atoms with Gasteiger partial charge in [0.1, 0.15) is 6.54 Å². The molecule has 0 fully saturated rings. The maximum Gasteiger partial charge on any atom is 0.227 e. The van der Waals surface area contributed by atoms with Crippen LogP contribution >= 0.6 is 11.6 Å². The topological polar surface area (TPSA) is 44.1 Å². The minimum atomic E-state index is -0.0497. The summed E-state index contributed by atoms with van der Waals surface area (Å²) in [6.07, 6.45) is 0.288. The van der Waals surface area contributed by atoms with Gasteiger partial charge in [-0.05, 0) is 24.6 Å².